The van der Waals surface area contributed by atoms with Gasteiger partial charge in [0.15, 0.2) is 5.69 Å². The zero-order chi connectivity index (χ0) is 14.3. The van der Waals surface area contributed by atoms with Crippen molar-refractivity contribution >= 4 is 29.3 Å². The number of halogens is 1. The summed E-state index contributed by atoms with van der Waals surface area (Å²) in [5.74, 6) is -0.912. The molecule has 0 unspecified atom stereocenters. The number of aliphatic carboxylic acids is 1. The highest BCUT2D eigenvalue weighted by atomic mass is 35.5. The first-order chi connectivity index (χ1) is 9.02. The largest absolute Gasteiger partial charge is 0.481 e. The summed E-state index contributed by atoms with van der Waals surface area (Å²) in [6.07, 6.45) is 1.64. The molecule has 0 saturated heterocycles. The van der Waals surface area contributed by atoms with Crippen LogP contribution in [0.2, 0.25) is 5.02 Å². The van der Waals surface area contributed by atoms with Crippen molar-refractivity contribution in [3.63, 3.8) is 0 Å². The maximum atomic E-state index is 11.4. The van der Waals surface area contributed by atoms with E-state index >= 15 is 0 Å². The normalized spacial score (nSPS) is 9.47. The molecule has 19 heavy (non-hydrogen) atoms. The van der Waals surface area contributed by atoms with Crippen molar-refractivity contribution in [2.24, 2.45) is 0 Å². The number of aromatic nitrogens is 1. The first-order valence-corrected chi connectivity index (χ1v) is 5.73. The molecule has 3 N–H and O–H groups in total. The second-order valence-corrected chi connectivity index (χ2v) is 3.95. The van der Waals surface area contributed by atoms with Gasteiger partial charge >= 0.3 is 12.0 Å². The second-order valence-electron chi connectivity index (χ2n) is 3.54. The second kappa shape index (κ2) is 7.18. The van der Waals surface area contributed by atoms with E-state index in [9.17, 15) is 9.59 Å². The molecule has 8 heteroatoms. The number of anilines is 1. The van der Waals surface area contributed by atoms with E-state index in [-0.39, 0.29) is 23.7 Å². The summed E-state index contributed by atoms with van der Waals surface area (Å²) in [6.45, 7) is 0.246. The zero-order valence-corrected chi connectivity index (χ0v) is 10.6. The molecule has 1 aromatic heterocycles. The Morgan fingerprint density at radius 3 is 2.84 bits per heavy atom. The molecular formula is C11H11ClN4O3. The van der Waals surface area contributed by atoms with E-state index in [0.717, 1.165) is 0 Å². The highest BCUT2D eigenvalue weighted by molar-refractivity contribution is 6.31. The number of hydrogen-bond acceptors (Lipinski definition) is 4. The van der Waals surface area contributed by atoms with Gasteiger partial charge in [0.05, 0.1) is 16.9 Å². The number of carboxylic acid groups (broad SMARTS) is 1. The molecule has 0 aliphatic rings. The molecule has 0 bridgehead atoms. The number of hydrogen-bond donors (Lipinski definition) is 3. The van der Waals surface area contributed by atoms with E-state index in [1.54, 1.807) is 6.07 Å². The highest BCUT2D eigenvalue weighted by Gasteiger charge is 2.06. The number of carbonyl (C=O) groups excluding carboxylic acids is 1. The van der Waals surface area contributed by atoms with Gasteiger partial charge in [-0.25, -0.2) is 9.78 Å². The summed E-state index contributed by atoms with van der Waals surface area (Å²) in [5, 5.41) is 22.1. The number of amides is 2. The Bertz CT molecular complexity index is 527. The van der Waals surface area contributed by atoms with Crippen LogP contribution in [0, 0.1) is 11.3 Å². The van der Waals surface area contributed by atoms with E-state index in [4.69, 9.17) is 22.0 Å². The maximum absolute atomic E-state index is 11.4. The van der Waals surface area contributed by atoms with E-state index in [2.05, 4.69) is 15.6 Å². The number of nitriles is 1. The van der Waals surface area contributed by atoms with Gasteiger partial charge in [-0.15, -0.1) is 0 Å². The van der Waals surface area contributed by atoms with Crippen LogP contribution in [-0.4, -0.2) is 28.6 Å². The van der Waals surface area contributed by atoms with Crippen molar-refractivity contribution in [1.29, 1.82) is 5.26 Å². The van der Waals surface area contributed by atoms with Crippen molar-refractivity contribution in [1.82, 2.24) is 10.3 Å². The molecule has 0 fully saturated rings. The number of rotatable bonds is 5. The van der Waals surface area contributed by atoms with E-state index in [0.29, 0.717) is 12.1 Å². The van der Waals surface area contributed by atoms with E-state index < -0.39 is 12.0 Å². The molecule has 1 heterocycles. The lowest BCUT2D eigenvalue weighted by Gasteiger charge is -2.07. The van der Waals surface area contributed by atoms with Gasteiger partial charge in [-0.2, -0.15) is 5.26 Å². The SMILES string of the molecule is N#Cc1ncc(NC(=O)NCCCC(=O)O)cc1Cl. The molecule has 0 radical (unpaired) electrons. The Hall–Kier alpha value is -2.33. The number of nitrogens with one attached hydrogen (secondary N) is 2. The van der Waals surface area contributed by atoms with Crippen molar-refractivity contribution < 1.29 is 14.7 Å². The monoisotopic (exact) mass is 282 g/mol. The molecule has 1 aromatic rings. The van der Waals surface area contributed by atoms with Gasteiger partial charge in [0.2, 0.25) is 0 Å². The van der Waals surface area contributed by atoms with Crippen LogP contribution in [0.3, 0.4) is 0 Å². The Kier molecular flexibility index (Phi) is 5.57. The Balaban J connectivity index is 2.42. The van der Waals surface area contributed by atoms with Crippen molar-refractivity contribution in [3.8, 4) is 6.07 Å². The van der Waals surface area contributed by atoms with Gasteiger partial charge in [-0.1, -0.05) is 11.6 Å². The predicted molar refractivity (Wildman–Crippen MR) is 67.9 cm³/mol. The minimum Gasteiger partial charge on any atom is -0.481 e. The average molecular weight is 283 g/mol. The van der Waals surface area contributed by atoms with Crippen LogP contribution in [0.5, 0.6) is 0 Å². The third-order valence-corrected chi connectivity index (χ3v) is 2.35. The fourth-order valence-electron chi connectivity index (χ4n) is 1.21. The molecule has 0 saturated carbocycles. The van der Waals surface area contributed by atoms with Gasteiger partial charge < -0.3 is 15.7 Å². The molecule has 7 nitrogen and oxygen atoms in total. The number of carbonyl (C=O) groups is 2. The zero-order valence-electron chi connectivity index (χ0n) is 9.81. The van der Waals surface area contributed by atoms with Crippen LogP contribution < -0.4 is 10.6 Å². The molecule has 0 atom stereocenters. The summed E-state index contributed by atoms with van der Waals surface area (Å²) >= 11 is 5.75. The third kappa shape index (κ3) is 5.23. The number of carboxylic acids is 1. The van der Waals surface area contributed by atoms with Crippen molar-refractivity contribution in [2.75, 3.05) is 11.9 Å². The molecule has 100 valence electrons. The average Bonchev–Trinajstić information content (AvgIpc) is 2.35. The Morgan fingerprint density at radius 1 is 1.53 bits per heavy atom. The van der Waals surface area contributed by atoms with Gasteiger partial charge in [0.25, 0.3) is 0 Å². The summed E-state index contributed by atoms with van der Waals surface area (Å²) in [7, 11) is 0. The molecule has 0 aromatic carbocycles. The quantitative estimate of drug-likeness (QED) is 0.709. The van der Waals surface area contributed by atoms with Gasteiger partial charge in [0.1, 0.15) is 6.07 Å². The van der Waals surface area contributed by atoms with Crippen LogP contribution in [0.1, 0.15) is 18.5 Å². The first kappa shape index (κ1) is 14.7. The maximum Gasteiger partial charge on any atom is 0.319 e. The molecule has 0 aliphatic carbocycles. The number of pyridine rings is 1. The predicted octanol–water partition coefficient (Wildman–Crippen LogP) is 1.59. The van der Waals surface area contributed by atoms with Crippen LogP contribution in [0.4, 0.5) is 10.5 Å². The molecule has 1 rings (SSSR count). The number of urea groups is 1. The lowest BCUT2D eigenvalue weighted by Crippen LogP contribution is -2.29. The topological polar surface area (TPSA) is 115 Å². The minimum atomic E-state index is -0.912. The fourth-order valence-corrected chi connectivity index (χ4v) is 1.41. The first-order valence-electron chi connectivity index (χ1n) is 5.35. The lowest BCUT2D eigenvalue weighted by atomic mass is 10.3. The van der Waals surface area contributed by atoms with Crippen molar-refractivity contribution in [3.05, 3.63) is 23.0 Å². The van der Waals surface area contributed by atoms with E-state index in [1.807, 2.05) is 0 Å². The van der Waals surface area contributed by atoms with Crippen LogP contribution in [-0.2, 0) is 4.79 Å². The van der Waals surface area contributed by atoms with E-state index in [1.165, 1.54) is 12.3 Å². The summed E-state index contributed by atoms with van der Waals surface area (Å²) in [6, 6.07) is 2.72. The molecule has 0 aliphatic heterocycles. The van der Waals surface area contributed by atoms with Gasteiger partial charge in [-0.3, -0.25) is 4.79 Å². The number of nitrogens with zero attached hydrogens (tertiary/aromatic N) is 2. The van der Waals surface area contributed by atoms with Gasteiger partial charge in [0, 0.05) is 13.0 Å². The van der Waals surface area contributed by atoms with Crippen LogP contribution >= 0.6 is 11.6 Å². The Morgan fingerprint density at radius 2 is 2.26 bits per heavy atom. The lowest BCUT2D eigenvalue weighted by molar-refractivity contribution is -0.137. The fraction of sp³-hybridized carbons (Fsp3) is 0.273. The standard InChI is InChI=1S/C11H11ClN4O3/c12-8-4-7(6-15-9(8)5-13)16-11(19)14-3-1-2-10(17)18/h4,6H,1-3H2,(H,17,18)(H2,14,16,19). The summed E-state index contributed by atoms with van der Waals surface area (Å²) in [4.78, 5) is 25.4. The molecular weight excluding hydrogens is 272 g/mol. The summed E-state index contributed by atoms with van der Waals surface area (Å²) in [5.41, 5.74) is 0.425. The molecule has 2 amide bonds. The summed E-state index contributed by atoms with van der Waals surface area (Å²) < 4.78 is 0. The molecule has 0 spiro atoms. The van der Waals surface area contributed by atoms with Crippen molar-refractivity contribution in [2.45, 2.75) is 12.8 Å². The van der Waals surface area contributed by atoms with Crippen LogP contribution in [0.15, 0.2) is 12.3 Å². The highest BCUT2D eigenvalue weighted by Crippen LogP contribution is 2.17. The smallest absolute Gasteiger partial charge is 0.319 e. The van der Waals surface area contributed by atoms with Crippen LogP contribution in [0.25, 0.3) is 0 Å². The minimum absolute atomic E-state index is 0.00939. The van der Waals surface area contributed by atoms with Gasteiger partial charge in [-0.05, 0) is 12.5 Å². The third-order valence-electron chi connectivity index (χ3n) is 2.06. The Labute approximate surface area is 114 Å².